The molecule has 0 aromatic heterocycles. The Bertz CT molecular complexity index is 1430. The van der Waals surface area contributed by atoms with Crippen molar-refractivity contribution in [3.63, 3.8) is 0 Å². The van der Waals surface area contributed by atoms with Crippen molar-refractivity contribution in [3.8, 4) is 18.4 Å². The Morgan fingerprint density at radius 1 is 1.12 bits per heavy atom. The minimum atomic E-state index is -1.79. The second-order valence-electron chi connectivity index (χ2n) is 8.26. The predicted molar refractivity (Wildman–Crippen MR) is 121 cm³/mol. The predicted octanol–water partition coefficient (Wildman–Crippen LogP) is 3.40. The summed E-state index contributed by atoms with van der Waals surface area (Å²) in [5, 5.41) is 10.3. The van der Waals surface area contributed by atoms with Gasteiger partial charge in [-0.05, 0) is 31.0 Å². The van der Waals surface area contributed by atoms with Crippen LogP contribution in [0.4, 0.5) is 20.2 Å². The molecule has 1 amide bonds. The third-order valence-corrected chi connectivity index (χ3v) is 6.58. The maximum atomic E-state index is 14.9. The van der Waals surface area contributed by atoms with Gasteiger partial charge >= 0.3 is 0 Å². The highest BCUT2D eigenvalue weighted by Gasteiger charge is 2.62. The van der Waals surface area contributed by atoms with E-state index in [1.165, 1.54) is 15.9 Å². The molecule has 1 atom stereocenters. The van der Waals surface area contributed by atoms with Gasteiger partial charge in [-0.3, -0.25) is 19.4 Å². The van der Waals surface area contributed by atoms with Crippen LogP contribution in [0.15, 0.2) is 65.1 Å². The van der Waals surface area contributed by atoms with Crippen LogP contribution < -0.4 is 15.5 Å². The minimum absolute atomic E-state index is 0.0662. The quantitative estimate of drug-likeness (QED) is 0.700. The van der Waals surface area contributed by atoms with Crippen LogP contribution in [0.2, 0.25) is 0 Å². The molecule has 8 heteroatoms. The van der Waals surface area contributed by atoms with Crippen LogP contribution in [0.25, 0.3) is 0 Å². The van der Waals surface area contributed by atoms with Crippen molar-refractivity contribution in [2.24, 2.45) is 5.73 Å². The SMILES string of the molecule is C#CCN1C(=O)C2(C(C#N)=C(N)N(c3ccc(F)cc3F)C3=C2C(=O)CCC3)c2ccccc21. The number of nitriles is 1. The van der Waals surface area contributed by atoms with Crippen molar-refractivity contribution in [1.29, 1.82) is 5.26 Å². The van der Waals surface area contributed by atoms with Crippen LogP contribution in [0.5, 0.6) is 0 Å². The van der Waals surface area contributed by atoms with Crippen molar-refractivity contribution in [2.45, 2.75) is 24.7 Å². The summed E-state index contributed by atoms with van der Waals surface area (Å²) < 4.78 is 28.5. The Balaban J connectivity index is 1.89. The fourth-order valence-corrected chi connectivity index (χ4v) is 5.31. The van der Waals surface area contributed by atoms with Gasteiger partial charge in [0.05, 0.1) is 17.8 Å². The average molecular weight is 456 g/mol. The number of carbonyl (C=O) groups is 2. The number of allylic oxidation sites excluding steroid dienone is 1. The summed E-state index contributed by atoms with van der Waals surface area (Å²) >= 11 is 0. The standard InChI is InChI=1S/C26H18F2N4O2/c1-2-12-31-19-7-4-3-6-16(19)26(25(31)34)17(14-29)24(30)32(20-11-10-15(27)13-18(20)28)21-8-5-9-22(33)23(21)26/h1,3-4,6-7,10-11,13H,5,8-9,12,30H2. The molecule has 2 aromatic rings. The monoisotopic (exact) mass is 456 g/mol. The molecule has 2 heterocycles. The number of nitrogens with two attached hydrogens (primary N) is 1. The van der Waals surface area contributed by atoms with E-state index in [9.17, 15) is 23.6 Å². The van der Waals surface area contributed by atoms with Gasteiger partial charge in [0.1, 0.15) is 28.9 Å². The second kappa shape index (κ2) is 7.57. The Morgan fingerprint density at radius 3 is 2.59 bits per heavy atom. The number of amides is 1. The lowest BCUT2D eigenvalue weighted by atomic mass is 9.63. The molecule has 1 spiro atoms. The number of para-hydroxylation sites is 1. The lowest BCUT2D eigenvalue weighted by molar-refractivity contribution is -0.124. The Kier molecular flexibility index (Phi) is 4.77. The van der Waals surface area contributed by atoms with Crippen molar-refractivity contribution >= 4 is 23.1 Å². The van der Waals surface area contributed by atoms with E-state index >= 15 is 0 Å². The van der Waals surface area contributed by atoms with Crippen LogP contribution in [0.1, 0.15) is 24.8 Å². The smallest absolute Gasteiger partial charge is 0.248 e. The highest BCUT2D eigenvalue weighted by atomic mass is 19.1. The molecule has 2 aromatic carbocycles. The first-order chi connectivity index (χ1) is 16.4. The van der Waals surface area contributed by atoms with E-state index in [1.807, 2.05) is 6.07 Å². The van der Waals surface area contributed by atoms with Crippen LogP contribution >= 0.6 is 0 Å². The molecule has 2 N–H and O–H groups in total. The van der Waals surface area contributed by atoms with Crippen molar-refractivity contribution in [3.05, 3.63) is 82.3 Å². The molecule has 168 valence electrons. The van der Waals surface area contributed by atoms with Crippen molar-refractivity contribution in [1.82, 2.24) is 0 Å². The third kappa shape index (κ3) is 2.60. The number of Topliss-reactive ketones (excluding diaryl/α,β-unsaturated/α-hetero) is 1. The van der Waals surface area contributed by atoms with E-state index in [1.54, 1.807) is 24.3 Å². The number of halogens is 2. The molecular formula is C26H18F2N4O2. The molecule has 1 aliphatic carbocycles. The van der Waals surface area contributed by atoms with Gasteiger partial charge in [-0.15, -0.1) is 6.42 Å². The maximum absolute atomic E-state index is 14.9. The van der Waals surface area contributed by atoms with Crippen molar-refractivity contribution in [2.75, 3.05) is 16.3 Å². The van der Waals surface area contributed by atoms with Crippen LogP contribution in [0, 0.1) is 35.3 Å². The van der Waals surface area contributed by atoms with E-state index < -0.39 is 23.0 Å². The zero-order chi connectivity index (χ0) is 24.2. The van der Waals surface area contributed by atoms with Crippen LogP contribution in [-0.4, -0.2) is 18.2 Å². The van der Waals surface area contributed by atoms with Gasteiger partial charge in [-0.2, -0.15) is 5.26 Å². The Hall–Kier alpha value is -4.43. The molecule has 0 saturated carbocycles. The third-order valence-electron chi connectivity index (χ3n) is 6.58. The first kappa shape index (κ1) is 21.4. The number of benzene rings is 2. The number of fused-ring (bicyclic) bond motifs is 3. The number of carbonyl (C=O) groups excluding carboxylic acids is 2. The topological polar surface area (TPSA) is 90.4 Å². The lowest BCUT2D eigenvalue weighted by Gasteiger charge is -2.43. The number of terminal acetylenes is 1. The van der Waals surface area contributed by atoms with Gasteiger partial charge in [0.15, 0.2) is 5.78 Å². The Labute approximate surface area is 194 Å². The highest BCUT2D eigenvalue weighted by molar-refractivity contribution is 6.20. The number of ketones is 1. The van der Waals surface area contributed by atoms with E-state index in [2.05, 4.69) is 5.92 Å². The van der Waals surface area contributed by atoms with Gasteiger partial charge in [0, 0.05) is 35.0 Å². The lowest BCUT2D eigenvalue weighted by Crippen LogP contribution is -2.52. The zero-order valence-corrected chi connectivity index (χ0v) is 17.9. The zero-order valence-electron chi connectivity index (χ0n) is 17.9. The van der Waals surface area contributed by atoms with Gasteiger partial charge in [-0.1, -0.05) is 24.1 Å². The minimum Gasteiger partial charge on any atom is -0.384 e. The highest BCUT2D eigenvalue weighted by Crippen LogP contribution is 2.56. The number of hydrogen-bond donors (Lipinski definition) is 1. The van der Waals surface area contributed by atoms with Gasteiger partial charge in [0.25, 0.3) is 0 Å². The summed E-state index contributed by atoms with van der Waals surface area (Å²) in [5.74, 6) is -0.304. The van der Waals surface area contributed by atoms with Gasteiger partial charge < -0.3 is 5.73 Å². The van der Waals surface area contributed by atoms with Gasteiger partial charge in [-0.25, -0.2) is 8.78 Å². The number of hydrogen-bond acceptors (Lipinski definition) is 5. The summed E-state index contributed by atoms with van der Waals surface area (Å²) in [7, 11) is 0. The molecule has 2 aliphatic heterocycles. The molecule has 3 aliphatic rings. The van der Waals surface area contributed by atoms with Crippen molar-refractivity contribution < 1.29 is 18.4 Å². The van der Waals surface area contributed by atoms with E-state index in [4.69, 9.17) is 12.2 Å². The van der Waals surface area contributed by atoms with Crippen LogP contribution in [0.3, 0.4) is 0 Å². The summed E-state index contributed by atoms with van der Waals surface area (Å²) in [4.78, 5) is 30.2. The molecule has 0 saturated heterocycles. The van der Waals surface area contributed by atoms with Gasteiger partial charge in [0.2, 0.25) is 5.91 Å². The molecule has 0 radical (unpaired) electrons. The molecular weight excluding hydrogens is 438 g/mol. The molecule has 5 rings (SSSR count). The summed E-state index contributed by atoms with van der Waals surface area (Å²) in [6, 6.07) is 11.8. The molecule has 0 fully saturated rings. The van der Waals surface area contributed by atoms with E-state index in [0.29, 0.717) is 35.9 Å². The number of nitrogens with zero attached hydrogens (tertiary/aromatic N) is 3. The first-order valence-electron chi connectivity index (χ1n) is 10.6. The second-order valence-corrected chi connectivity index (χ2v) is 8.26. The van der Waals surface area contributed by atoms with Crippen LogP contribution in [-0.2, 0) is 15.0 Å². The summed E-state index contributed by atoms with van der Waals surface area (Å²) in [6.07, 6.45) is 6.44. The average Bonchev–Trinajstić information content (AvgIpc) is 3.05. The summed E-state index contributed by atoms with van der Waals surface area (Å²) in [5.41, 5.74) is 5.72. The largest absolute Gasteiger partial charge is 0.384 e. The van der Waals surface area contributed by atoms with E-state index in [0.717, 1.165) is 6.07 Å². The molecule has 0 bridgehead atoms. The number of anilines is 2. The molecule has 6 nitrogen and oxygen atoms in total. The van der Waals surface area contributed by atoms with E-state index in [-0.39, 0.29) is 41.4 Å². The fraction of sp³-hybridized carbons (Fsp3) is 0.192. The molecule has 1 unspecified atom stereocenters. The number of rotatable bonds is 2. The summed E-state index contributed by atoms with van der Waals surface area (Å²) in [6.45, 7) is -0.0662. The normalized spacial score (nSPS) is 21.5. The fourth-order valence-electron chi connectivity index (χ4n) is 5.31. The Morgan fingerprint density at radius 2 is 1.88 bits per heavy atom. The first-order valence-corrected chi connectivity index (χ1v) is 10.6. The molecule has 34 heavy (non-hydrogen) atoms. The maximum Gasteiger partial charge on any atom is 0.248 e.